The molecule has 1 unspecified atom stereocenters. The number of anilines is 1. The van der Waals surface area contributed by atoms with Gasteiger partial charge in [0.1, 0.15) is 5.82 Å². The first-order valence-corrected chi connectivity index (χ1v) is 8.04. The van der Waals surface area contributed by atoms with Crippen molar-refractivity contribution in [2.75, 3.05) is 24.5 Å². The predicted molar refractivity (Wildman–Crippen MR) is 106 cm³/mol. The van der Waals surface area contributed by atoms with E-state index in [4.69, 9.17) is 5.73 Å². The van der Waals surface area contributed by atoms with Crippen LogP contribution in [0.2, 0.25) is 0 Å². The second-order valence-corrected chi connectivity index (χ2v) is 5.80. The number of nitrogens with zero attached hydrogens (tertiary/aromatic N) is 2. The molecule has 3 rings (SSSR count). The van der Waals surface area contributed by atoms with Gasteiger partial charge in [-0.05, 0) is 30.5 Å². The molecule has 1 fully saturated rings. The molecule has 25 heavy (non-hydrogen) atoms. The van der Waals surface area contributed by atoms with Crippen molar-refractivity contribution in [3.8, 4) is 0 Å². The van der Waals surface area contributed by atoms with Crippen molar-refractivity contribution < 1.29 is 4.79 Å². The molecule has 2 heterocycles. The van der Waals surface area contributed by atoms with Gasteiger partial charge in [0.2, 0.25) is 0 Å². The highest BCUT2D eigenvalue weighted by Crippen LogP contribution is 2.21. The van der Waals surface area contributed by atoms with Crippen LogP contribution in [-0.4, -0.2) is 30.5 Å². The molecule has 0 aliphatic carbocycles. The highest BCUT2D eigenvalue weighted by atomic mass is 35.5. The van der Waals surface area contributed by atoms with Crippen LogP contribution < -0.4 is 16.0 Å². The van der Waals surface area contributed by atoms with E-state index in [0.29, 0.717) is 12.1 Å². The number of aromatic nitrogens is 1. The molecule has 5 nitrogen and oxygen atoms in total. The summed E-state index contributed by atoms with van der Waals surface area (Å²) in [5, 5.41) is 2.93. The van der Waals surface area contributed by atoms with Gasteiger partial charge in [-0.1, -0.05) is 30.3 Å². The number of amides is 1. The molecule has 1 amide bonds. The minimum Gasteiger partial charge on any atom is -0.356 e. The molecule has 1 saturated heterocycles. The number of benzene rings is 1. The summed E-state index contributed by atoms with van der Waals surface area (Å²) in [6.07, 6.45) is 4.03. The Kier molecular flexibility index (Phi) is 8.69. The molecule has 0 spiro atoms. The number of halogens is 2. The van der Waals surface area contributed by atoms with Crippen LogP contribution in [0, 0.1) is 0 Å². The van der Waals surface area contributed by atoms with Crippen molar-refractivity contribution in [3.05, 3.63) is 59.8 Å². The zero-order chi connectivity index (χ0) is 16.1. The summed E-state index contributed by atoms with van der Waals surface area (Å²) in [4.78, 5) is 19.1. The monoisotopic (exact) mass is 382 g/mol. The molecule has 3 N–H and O–H groups in total. The summed E-state index contributed by atoms with van der Waals surface area (Å²) < 4.78 is 0. The summed E-state index contributed by atoms with van der Waals surface area (Å²) in [7, 11) is 0. The van der Waals surface area contributed by atoms with Gasteiger partial charge < -0.3 is 16.0 Å². The van der Waals surface area contributed by atoms with E-state index in [0.717, 1.165) is 37.3 Å². The third kappa shape index (κ3) is 5.33. The molecule has 0 bridgehead atoms. The Hall–Kier alpha value is -1.82. The minimum atomic E-state index is -0.216. The Balaban J connectivity index is 0.00000156. The molecule has 1 atom stereocenters. The molecule has 2 aromatic rings. The first-order chi connectivity index (χ1) is 11.3. The van der Waals surface area contributed by atoms with Crippen molar-refractivity contribution in [2.24, 2.45) is 5.73 Å². The third-order valence-electron chi connectivity index (χ3n) is 4.15. The zero-order valence-electron chi connectivity index (χ0n) is 13.9. The fourth-order valence-electron chi connectivity index (χ4n) is 2.87. The second kappa shape index (κ2) is 10.2. The first kappa shape index (κ1) is 21.2. The average molecular weight is 383 g/mol. The summed E-state index contributed by atoms with van der Waals surface area (Å²) in [6.45, 7) is 2.32. The van der Waals surface area contributed by atoms with Gasteiger partial charge in [-0.2, -0.15) is 0 Å². The lowest BCUT2D eigenvalue weighted by Crippen LogP contribution is -2.33. The maximum Gasteiger partial charge on any atom is 0.255 e. The van der Waals surface area contributed by atoms with E-state index < -0.39 is 0 Å². The van der Waals surface area contributed by atoms with Gasteiger partial charge in [-0.3, -0.25) is 4.79 Å². The minimum absolute atomic E-state index is 0. The standard InChI is InChI=1S/C18H22N4O.2ClH/c19-16(14-7-2-1-3-8-14)13-21-18(23)15-9-6-10-20-17(15)22-11-4-5-12-22;;/h1-3,6-10,16H,4-5,11-13,19H2,(H,21,23);2*1H. The Morgan fingerprint density at radius 3 is 2.48 bits per heavy atom. The summed E-state index contributed by atoms with van der Waals surface area (Å²) in [5.74, 6) is 0.655. The van der Waals surface area contributed by atoms with Crippen LogP contribution in [0.1, 0.15) is 34.8 Å². The number of nitrogens with two attached hydrogens (primary N) is 1. The fourth-order valence-corrected chi connectivity index (χ4v) is 2.87. The topological polar surface area (TPSA) is 71.2 Å². The largest absolute Gasteiger partial charge is 0.356 e. The van der Waals surface area contributed by atoms with Gasteiger partial charge in [-0.25, -0.2) is 4.98 Å². The van der Waals surface area contributed by atoms with Crippen molar-refractivity contribution in [1.82, 2.24) is 10.3 Å². The van der Waals surface area contributed by atoms with Crippen LogP contribution in [0.25, 0.3) is 0 Å². The van der Waals surface area contributed by atoms with E-state index in [1.807, 2.05) is 36.4 Å². The number of hydrogen-bond acceptors (Lipinski definition) is 4. The Morgan fingerprint density at radius 2 is 1.80 bits per heavy atom. The number of rotatable bonds is 5. The van der Waals surface area contributed by atoms with Gasteiger partial charge in [0.05, 0.1) is 5.56 Å². The van der Waals surface area contributed by atoms with E-state index in [1.165, 1.54) is 0 Å². The lowest BCUT2D eigenvalue weighted by Gasteiger charge is -2.20. The zero-order valence-corrected chi connectivity index (χ0v) is 15.6. The number of carbonyl (C=O) groups is 1. The van der Waals surface area contributed by atoms with Gasteiger partial charge in [0.15, 0.2) is 0 Å². The van der Waals surface area contributed by atoms with Gasteiger partial charge in [-0.15, -0.1) is 24.8 Å². The molecule has 1 aliphatic rings. The maximum atomic E-state index is 12.5. The number of carbonyl (C=O) groups excluding carboxylic acids is 1. The maximum absolute atomic E-state index is 12.5. The molecule has 0 radical (unpaired) electrons. The van der Waals surface area contributed by atoms with Crippen LogP contribution in [0.15, 0.2) is 48.7 Å². The first-order valence-electron chi connectivity index (χ1n) is 8.04. The molecule has 1 aromatic heterocycles. The van der Waals surface area contributed by atoms with E-state index in [2.05, 4.69) is 15.2 Å². The fraction of sp³-hybridized carbons (Fsp3) is 0.333. The summed E-state index contributed by atoms with van der Waals surface area (Å²) in [5.41, 5.74) is 7.77. The van der Waals surface area contributed by atoms with Gasteiger partial charge in [0.25, 0.3) is 5.91 Å². The molecule has 1 aromatic carbocycles. The number of pyridine rings is 1. The lowest BCUT2D eigenvalue weighted by atomic mass is 10.1. The van der Waals surface area contributed by atoms with E-state index in [1.54, 1.807) is 12.3 Å². The molecule has 136 valence electrons. The van der Waals surface area contributed by atoms with E-state index in [-0.39, 0.29) is 36.8 Å². The van der Waals surface area contributed by atoms with E-state index in [9.17, 15) is 4.79 Å². The van der Waals surface area contributed by atoms with Crippen LogP contribution in [0.3, 0.4) is 0 Å². The average Bonchev–Trinajstić information content (AvgIpc) is 3.14. The van der Waals surface area contributed by atoms with E-state index >= 15 is 0 Å². The summed E-state index contributed by atoms with van der Waals surface area (Å²) >= 11 is 0. The van der Waals surface area contributed by atoms with Crippen LogP contribution in [0.5, 0.6) is 0 Å². The lowest BCUT2D eigenvalue weighted by molar-refractivity contribution is 0.0951. The van der Waals surface area contributed by atoms with Crippen LogP contribution in [-0.2, 0) is 0 Å². The van der Waals surface area contributed by atoms with Crippen molar-refractivity contribution in [1.29, 1.82) is 0 Å². The number of nitrogens with one attached hydrogen (secondary N) is 1. The second-order valence-electron chi connectivity index (χ2n) is 5.80. The predicted octanol–water partition coefficient (Wildman–Crippen LogP) is 2.96. The Morgan fingerprint density at radius 1 is 1.12 bits per heavy atom. The molecule has 1 aliphatic heterocycles. The quantitative estimate of drug-likeness (QED) is 0.833. The third-order valence-corrected chi connectivity index (χ3v) is 4.15. The molecular weight excluding hydrogens is 359 g/mol. The Labute approximate surface area is 160 Å². The van der Waals surface area contributed by atoms with Crippen molar-refractivity contribution in [2.45, 2.75) is 18.9 Å². The number of hydrogen-bond donors (Lipinski definition) is 2. The molecular formula is C18H24Cl2N4O. The normalized spacial score (nSPS) is 14.2. The Bertz CT molecular complexity index is 663. The van der Waals surface area contributed by atoms with Crippen LogP contribution >= 0.6 is 24.8 Å². The molecule has 7 heteroatoms. The van der Waals surface area contributed by atoms with Crippen molar-refractivity contribution in [3.63, 3.8) is 0 Å². The van der Waals surface area contributed by atoms with Gasteiger partial charge >= 0.3 is 0 Å². The smallest absolute Gasteiger partial charge is 0.255 e. The van der Waals surface area contributed by atoms with Gasteiger partial charge in [0, 0.05) is 31.9 Å². The highest BCUT2D eigenvalue weighted by Gasteiger charge is 2.20. The highest BCUT2D eigenvalue weighted by molar-refractivity contribution is 5.98. The SMILES string of the molecule is Cl.Cl.NC(CNC(=O)c1cccnc1N1CCCC1)c1ccccc1. The summed E-state index contributed by atoms with van der Waals surface area (Å²) in [6, 6.07) is 13.2. The molecule has 0 saturated carbocycles. The van der Waals surface area contributed by atoms with Crippen LogP contribution in [0.4, 0.5) is 5.82 Å². The van der Waals surface area contributed by atoms with Crippen molar-refractivity contribution >= 4 is 36.5 Å².